The third kappa shape index (κ3) is 3.21. The minimum absolute atomic E-state index is 0.0867. The molecule has 0 aliphatic rings. The van der Waals surface area contributed by atoms with Gasteiger partial charge in [-0.25, -0.2) is 13.1 Å². The quantitative estimate of drug-likeness (QED) is 0.591. The first kappa shape index (κ1) is 16.2. The molecule has 0 N–H and O–H groups in total. The maximum absolute atomic E-state index is 12.3. The molecule has 23 heavy (non-hydrogen) atoms. The van der Waals surface area contributed by atoms with Crippen molar-refractivity contribution in [1.82, 2.24) is 9.78 Å². The summed E-state index contributed by atoms with van der Waals surface area (Å²) in [6, 6.07) is 7.97. The van der Waals surface area contributed by atoms with Gasteiger partial charge in [0.1, 0.15) is 27.8 Å². The van der Waals surface area contributed by atoms with Crippen molar-refractivity contribution < 1.29 is 18.1 Å². The van der Waals surface area contributed by atoms with Crippen LogP contribution in [0.5, 0.6) is 5.88 Å². The molecule has 0 aliphatic heterocycles. The summed E-state index contributed by atoms with van der Waals surface area (Å²) in [5.74, 6) is -0.566. The van der Waals surface area contributed by atoms with Gasteiger partial charge in [-0.15, -0.1) is 0 Å². The summed E-state index contributed by atoms with van der Waals surface area (Å²) in [5.41, 5.74) is 0.403. The zero-order valence-corrected chi connectivity index (χ0v) is 12.5. The number of rotatable bonds is 3. The number of nitriles is 2. The molecule has 0 aliphatic carbocycles. The molecule has 0 saturated heterocycles. The maximum atomic E-state index is 12.3. The molecule has 0 saturated carbocycles. The van der Waals surface area contributed by atoms with E-state index in [0.29, 0.717) is 5.69 Å². The van der Waals surface area contributed by atoms with Crippen LogP contribution in [0.2, 0.25) is 0 Å². The molecule has 0 bridgehead atoms. The lowest BCUT2D eigenvalue weighted by molar-refractivity contribution is -0.278. The summed E-state index contributed by atoms with van der Waals surface area (Å²) in [6.07, 6.45) is 1.14. The fourth-order valence-corrected chi connectivity index (χ4v) is 2.32. The Hall–Kier alpha value is -3.14. The van der Waals surface area contributed by atoms with E-state index in [0.717, 1.165) is 22.9 Å². The molecule has 0 fully saturated rings. The molecular weight excluding hydrogens is 320 g/mol. The number of aryl methyl sites for hydroxylation is 1. The van der Waals surface area contributed by atoms with Crippen LogP contribution in [0, 0.1) is 29.6 Å². The van der Waals surface area contributed by atoms with Crippen molar-refractivity contribution >= 4 is 16.2 Å². The molecule has 2 aromatic rings. The first-order chi connectivity index (χ1) is 10.8. The van der Waals surface area contributed by atoms with Crippen LogP contribution in [0.4, 0.5) is 0 Å². The summed E-state index contributed by atoms with van der Waals surface area (Å²) >= 11 is 0. The van der Waals surface area contributed by atoms with E-state index in [1.165, 1.54) is 19.1 Å². The number of hydrogen-bond acceptors (Lipinski definition) is 7. The number of nitrogens with zero attached hydrogens (tertiary/aromatic N) is 4. The molecule has 0 radical (unpaired) electrons. The monoisotopic (exact) mass is 328 g/mol. The molecule has 1 aromatic carbocycles. The Morgan fingerprint density at radius 3 is 2.30 bits per heavy atom. The predicted octanol–water partition coefficient (Wildman–Crippen LogP) is 0.589. The topological polar surface area (TPSA) is 146 Å². The van der Waals surface area contributed by atoms with Crippen LogP contribution in [0.1, 0.15) is 11.3 Å². The molecule has 1 aromatic heterocycles. The van der Waals surface area contributed by atoms with E-state index in [9.17, 15) is 18.1 Å². The lowest BCUT2D eigenvalue weighted by Gasteiger charge is -2.13. The Balaban J connectivity index is 2.53. The van der Waals surface area contributed by atoms with Crippen molar-refractivity contribution in [2.24, 2.45) is 0 Å². The number of hydrogen-bond donors (Lipinski definition) is 0. The molecule has 2 rings (SSSR count). The first-order valence-corrected chi connectivity index (χ1v) is 7.53. The third-order valence-corrected chi connectivity index (χ3v) is 3.81. The molecule has 116 valence electrons. The minimum atomic E-state index is -4.58. The minimum Gasteiger partial charge on any atom is -0.858 e. The van der Waals surface area contributed by atoms with Crippen LogP contribution in [0.15, 0.2) is 34.7 Å². The van der Waals surface area contributed by atoms with E-state index < -0.39 is 20.9 Å². The van der Waals surface area contributed by atoms with Crippen LogP contribution >= 0.6 is 0 Å². The van der Waals surface area contributed by atoms with Crippen LogP contribution in [-0.2, 0) is 10.1 Å². The van der Waals surface area contributed by atoms with Crippen LogP contribution in [-0.4, -0.2) is 22.8 Å². The molecule has 8 nitrogen and oxygen atoms in total. The van der Waals surface area contributed by atoms with Crippen molar-refractivity contribution in [3.05, 3.63) is 41.1 Å². The van der Waals surface area contributed by atoms with Crippen LogP contribution in [0.3, 0.4) is 0 Å². The van der Waals surface area contributed by atoms with Gasteiger partial charge in [0.25, 0.3) is 0 Å². The van der Waals surface area contributed by atoms with E-state index in [-0.39, 0.29) is 16.8 Å². The third-order valence-electron chi connectivity index (χ3n) is 2.96. The average molecular weight is 328 g/mol. The second-order valence-corrected chi connectivity index (χ2v) is 5.83. The Labute approximate surface area is 131 Å². The summed E-state index contributed by atoms with van der Waals surface area (Å²) in [7, 11) is -4.58. The number of aromatic nitrogens is 2. The highest BCUT2D eigenvalue weighted by atomic mass is 32.2. The second kappa shape index (κ2) is 5.93. The fraction of sp³-hybridized carbons (Fsp3) is 0.0714. The van der Waals surface area contributed by atoms with E-state index in [1.54, 1.807) is 12.1 Å². The summed E-state index contributed by atoms with van der Waals surface area (Å²) in [4.78, 5) is -0.422. The number of allylic oxidation sites excluding steroid dienone is 1. The van der Waals surface area contributed by atoms with Crippen molar-refractivity contribution in [1.29, 1.82) is 10.5 Å². The normalized spacial score (nSPS) is 10.6. The van der Waals surface area contributed by atoms with E-state index in [4.69, 9.17) is 10.5 Å². The van der Waals surface area contributed by atoms with Gasteiger partial charge in [-0.2, -0.15) is 15.6 Å². The van der Waals surface area contributed by atoms with Crippen LogP contribution < -0.4 is 5.11 Å². The van der Waals surface area contributed by atoms with E-state index >= 15 is 0 Å². The standard InChI is InChI=1S/C14H10N4O4S/c1-9-13(6-10(7-15)8-16)14(19)18(17-9)11-2-4-12(5-3-11)23(20,21)22/h2-6,19H,1H3,(H,20,21,22)/p-2. The number of benzene rings is 1. The SMILES string of the molecule is Cc1nn(-c2ccc(S(=O)(=O)[O-])cc2)c([O-])c1C=C(C#N)C#N. The summed E-state index contributed by atoms with van der Waals surface area (Å²) in [6.45, 7) is 1.53. The molecule has 0 amide bonds. The first-order valence-electron chi connectivity index (χ1n) is 6.12. The van der Waals surface area contributed by atoms with E-state index in [2.05, 4.69) is 5.10 Å². The lowest BCUT2D eigenvalue weighted by atomic mass is 10.2. The summed E-state index contributed by atoms with van der Waals surface area (Å²) < 4.78 is 33.6. The van der Waals surface area contributed by atoms with E-state index in [1.807, 2.05) is 0 Å². The molecule has 9 heteroatoms. The van der Waals surface area contributed by atoms with Gasteiger partial charge in [0.05, 0.1) is 16.3 Å². The predicted molar refractivity (Wildman–Crippen MR) is 74.9 cm³/mol. The molecule has 1 heterocycles. The van der Waals surface area contributed by atoms with Gasteiger partial charge in [-0.3, -0.25) is 0 Å². The Bertz CT molecular complexity index is 958. The van der Waals surface area contributed by atoms with Gasteiger partial charge in [0.15, 0.2) is 0 Å². The lowest BCUT2D eigenvalue weighted by Crippen LogP contribution is -2.05. The Kier molecular flexibility index (Phi) is 4.18. The van der Waals surface area contributed by atoms with Gasteiger partial charge in [0, 0.05) is 5.56 Å². The van der Waals surface area contributed by atoms with Gasteiger partial charge in [-0.05, 0) is 43.1 Å². The van der Waals surface area contributed by atoms with Crippen LogP contribution in [0.25, 0.3) is 11.8 Å². The maximum Gasteiger partial charge on any atom is 0.130 e. The van der Waals surface area contributed by atoms with Crippen molar-refractivity contribution in [3.63, 3.8) is 0 Å². The van der Waals surface area contributed by atoms with Gasteiger partial charge >= 0.3 is 0 Å². The molecular formula is C14H8N4O4S-2. The van der Waals surface area contributed by atoms with Gasteiger partial charge in [-0.1, -0.05) is 0 Å². The average Bonchev–Trinajstić information content (AvgIpc) is 2.79. The molecule has 0 spiro atoms. The second-order valence-electron chi connectivity index (χ2n) is 4.45. The van der Waals surface area contributed by atoms with Crippen molar-refractivity contribution in [3.8, 4) is 23.7 Å². The highest BCUT2D eigenvalue weighted by Crippen LogP contribution is 2.25. The largest absolute Gasteiger partial charge is 0.858 e. The molecule has 0 unspecified atom stereocenters. The zero-order valence-electron chi connectivity index (χ0n) is 11.7. The Morgan fingerprint density at radius 2 is 1.83 bits per heavy atom. The van der Waals surface area contributed by atoms with Gasteiger partial charge < -0.3 is 9.66 Å². The highest BCUT2D eigenvalue weighted by molar-refractivity contribution is 7.85. The Morgan fingerprint density at radius 1 is 1.26 bits per heavy atom. The molecule has 0 atom stereocenters. The summed E-state index contributed by atoms with van der Waals surface area (Å²) in [5, 5.41) is 33.8. The van der Waals surface area contributed by atoms with Crippen molar-refractivity contribution in [2.75, 3.05) is 0 Å². The highest BCUT2D eigenvalue weighted by Gasteiger charge is 2.10. The van der Waals surface area contributed by atoms with Gasteiger partial charge in [0.2, 0.25) is 0 Å². The van der Waals surface area contributed by atoms with Crippen molar-refractivity contribution in [2.45, 2.75) is 11.8 Å². The fourth-order valence-electron chi connectivity index (χ4n) is 1.85. The smallest absolute Gasteiger partial charge is 0.130 e. The zero-order chi connectivity index (χ0) is 17.2.